The molecule has 5 nitrogen and oxygen atoms in total. The molecule has 0 spiro atoms. The number of aryl methyl sites for hydroxylation is 1. The summed E-state index contributed by atoms with van der Waals surface area (Å²) < 4.78 is 26.1. The van der Waals surface area contributed by atoms with Gasteiger partial charge in [-0.15, -0.1) is 0 Å². The quantitative estimate of drug-likeness (QED) is 0.911. The topological polar surface area (TPSA) is 74.7 Å². The highest BCUT2D eigenvalue weighted by molar-refractivity contribution is 9.10. The molecule has 0 saturated carbocycles. The van der Waals surface area contributed by atoms with Crippen LogP contribution in [0.3, 0.4) is 0 Å². The maximum absolute atomic E-state index is 12.3. The molecule has 0 amide bonds. The largest absolute Gasteiger partial charge is 0.480 e. The van der Waals surface area contributed by atoms with Crippen LogP contribution in [0.2, 0.25) is 0 Å². The third-order valence-electron chi connectivity index (χ3n) is 2.70. The normalized spacial score (nSPS) is 13.6. The molecule has 1 aromatic rings. The van der Waals surface area contributed by atoms with Crippen molar-refractivity contribution in [3.63, 3.8) is 0 Å². The van der Waals surface area contributed by atoms with Gasteiger partial charge in [-0.2, -0.15) is 4.31 Å². The predicted octanol–water partition coefficient (Wildman–Crippen LogP) is 1.85. The standard InChI is InChI=1S/C11H14BrNO4S/c1-7-6-9(12)4-5-10(7)18(16,17)13(3)8(2)11(14)15/h4-6,8H,1-3H3,(H,14,15). The smallest absolute Gasteiger partial charge is 0.321 e. The van der Waals surface area contributed by atoms with Gasteiger partial charge in [-0.05, 0) is 37.6 Å². The monoisotopic (exact) mass is 335 g/mol. The zero-order chi connectivity index (χ0) is 14.1. The molecule has 7 heteroatoms. The molecule has 0 fully saturated rings. The van der Waals surface area contributed by atoms with Crippen molar-refractivity contribution in [2.75, 3.05) is 7.05 Å². The molecule has 1 rings (SSSR count). The molecule has 100 valence electrons. The van der Waals surface area contributed by atoms with Gasteiger partial charge in [-0.3, -0.25) is 4.79 Å². The number of aliphatic carboxylic acids is 1. The second-order valence-electron chi connectivity index (χ2n) is 3.95. The van der Waals surface area contributed by atoms with E-state index in [0.717, 1.165) is 8.78 Å². The Hall–Kier alpha value is -0.920. The third kappa shape index (κ3) is 2.90. The van der Waals surface area contributed by atoms with Gasteiger partial charge >= 0.3 is 5.97 Å². The fourth-order valence-electron chi connectivity index (χ4n) is 1.42. The molecule has 0 aliphatic rings. The third-order valence-corrected chi connectivity index (χ3v) is 5.28. The molecule has 0 radical (unpaired) electrons. The fourth-order valence-corrected chi connectivity index (χ4v) is 3.42. The van der Waals surface area contributed by atoms with E-state index in [1.165, 1.54) is 20.0 Å². The number of rotatable bonds is 4. The van der Waals surface area contributed by atoms with Crippen LogP contribution in [0.4, 0.5) is 0 Å². The minimum atomic E-state index is -3.80. The second kappa shape index (κ2) is 5.38. The Kier molecular flexibility index (Phi) is 4.52. The van der Waals surface area contributed by atoms with E-state index in [9.17, 15) is 13.2 Å². The zero-order valence-electron chi connectivity index (χ0n) is 10.2. The zero-order valence-corrected chi connectivity index (χ0v) is 12.6. The van der Waals surface area contributed by atoms with E-state index in [2.05, 4.69) is 15.9 Å². The van der Waals surface area contributed by atoms with Crippen molar-refractivity contribution >= 4 is 31.9 Å². The number of carboxylic acid groups (broad SMARTS) is 1. The molecule has 1 unspecified atom stereocenters. The van der Waals surface area contributed by atoms with Gasteiger partial charge in [-0.25, -0.2) is 8.42 Å². The average Bonchev–Trinajstić information content (AvgIpc) is 2.26. The van der Waals surface area contributed by atoms with E-state index < -0.39 is 22.0 Å². The molecule has 1 atom stereocenters. The summed E-state index contributed by atoms with van der Waals surface area (Å²) in [5, 5.41) is 8.86. The first-order valence-corrected chi connectivity index (χ1v) is 7.38. The van der Waals surface area contributed by atoms with Crippen LogP contribution < -0.4 is 0 Å². The van der Waals surface area contributed by atoms with E-state index in [4.69, 9.17) is 5.11 Å². The summed E-state index contributed by atoms with van der Waals surface area (Å²) in [6, 6.07) is 3.63. The Morgan fingerprint density at radius 1 is 1.44 bits per heavy atom. The van der Waals surface area contributed by atoms with Gasteiger partial charge in [0.25, 0.3) is 0 Å². The lowest BCUT2D eigenvalue weighted by atomic mass is 10.2. The lowest BCUT2D eigenvalue weighted by Gasteiger charge is -2.22. The SMILES string of the molecule is Cc1cc(Br)ccc1S(=O)(=O)N(C)C(C)C(=O)O. The molecule has 18 heavy (non-hydrogen) atoms. The first-order valence-electron chi connectivity index (χ1n) is 5.15. The molecule has 1 aromatic carbocycles. The molecule has 0 aromatic heterocycles. The number of sulfonamides is 1. The number of halogens is 1. The van der Waals surface area contributed by atoms with Crippen LogP contribution in [0, 0.1) is 6.92 Å². The summed E-state index contributed by atoms with van der Waals surface area (Å²) in [6.07, 6.45) is 0. The molecule has 1 N–H and O–H groups in total. The summed E-state index contributed by atoms with van der Waals surface area (Å²) in [5.74, 6) is -1.18. The maximum Gasteiger partial charge on any atom is 0.321 e. The van der Waals surface area contributed by atoms with E-state index in [1.807, 2.05) is 0 Å². The van der Waals surface area contributed by atoms with Crippen LogP contribution in [0.15, 0.2) is 27.6 Å². The van der Waals surface area contributed by atoms with Crippen molar-refractivity contribution in [1.82, 2.24) is 4.31 Å². The number of hydrogen-bond donors (Lipinski definition) is 1. The highest BCUT2D eigenvalue weighted by Gasteiger charge is 2.30. The van der Waals surface area contributed by atoms with Crippen molar-refractivity contribution in [2.24, 2.45) is 0 Å². The van der Waals surface area contributed by atoms with Gasteiger partial charge in [0.2, 0.25) is 10.0 Å². The van der Waals surface area contributed by atoms with E-state index in [-0.39, 0.29) is 4.90 Å². The van der Waals surface area contributed by atoms with E-state index in [0.29, 0.717) is 5.56 Å². The van der Waals surface area contributed by atoms with Crippen LogP contribution in [-0.2, 0) is 14.8 Å². The van der Waals surface area contributed by atoms with Crippen LogP contribution in [0.5, 0.6) is 0 Å². The highest BCUT2D eigenvalue weighted by atomic mass is 79.9. The lowest BCUT2D eigenvalue weighted by Crippen LogP contribution is -2.40. The van der Waals surface area contributed by atoms with Gasteiger partial charge in [0.1, 0.15) is 6.04 Å². The van der Waals surface area contributed by atoms with Crippen molar-refractivity contribution < 1.29 is 18.3 Å². The van der Waals surface area contributed by atoms with Crippen LogP contribution >= 0.6 is 15.9 Å². The van der Waals surface area contributed by atoms with Gasteiger partial charge in [0, 0.05) is 11.5 Å². The summed E-state index contributed by atoms with van der Waals surface area (Å²) in [5.41, 5.74) is 0.564. The average molecular weight is 336 g/mol. The number of carboxylic acids is 1. The summed E-state index contributed by atoms with van der Waals surface area (Å²) in [6.45, 7) is 2.99. The first-order chi connectivity index (χ1) is 8.17. The predicted molar refractivity (Wildman–Crippen MR) is 70.9 cm³/mol. The summed E-state index contributed by atoms with van der Waals surface area (Å²) in [4.78, 5) is 11.0. The molecular formula is C11H14BrNO4S. The Morgan fingerprint density at radius 2 is 2.00 bits per heavy atom. The van der Waals surface area contributed by atoms with Crippen molar-refractivity contribution in [2.45, 2.75) is 24.8 Å². The Labute approximate surface area is 115 Å². The van der Waals surface area contributed by atoms with Gasteiger partial charge in [-0.1, -0.05) is 15.9 Å². The Balaban J connectivity index is 3.25. The number of carbonyl (C=O) groups is 1. The van der Waals surface area contributed by atoms with Gasteiger partial charge in [0.15, 0.2) is 0 Å². The molecular weight excluding hydrogens is 322 g/mol. The second-order valence-corrected chi connectivity index (χ2v) is 6.83. The molecule has 0 saturated heterocycles. The van der Waals surface area contributed by atoms with Crippen molar-refractivity contribution in [1.29, 1.82) is 0 Å². The minimum absolute atomic E-state index is 0.112. The van der Waals surface area contributed by atoms with Gasteiger partial charge < -0.3 is 5.11 Å². The van der Waals surface area contributed by atoms with E-state index >= 15 is 0 Å². The maximum atomic E-state index is 12.3. The Bertz CT molecular complexity index is 570. The summed E-state index contributed by atoms with van der Waals surface area (Å²) >= 11 is 3.25. The van der Waals surface area contributed by atoms with E-state index in [1.54, 1.807) is 19.1 Å². The van der Waals surface area contributed by atoms with Gasteiger partial charge in [0.05, 0.1) is 4.90 Å². The number of nitrogens with zero attached hydrogens (tertiary/aromatic N) is 1. The number of likely N-dealkylation sites (N-methyl/N-ethyl adjacent to an activating group) is 1. The van der Waals surface area contributed by atoms with Crippen LogP contribution in [0.1, 0.15) is 12.5 Å². The fraction of sp³-hybridized carbons (Fsp3) is 0.364. The highest BCUT2D eigenvalue weighted by Crippen LogP contribution is 2.23. The molecule has 0 aliphatic carbocycles. The minimum Gasteiger partial charge on any atom is -0.480 e. The lowest BCUT2D eigenvalue weighted by molar-refractivity contribution is -0.140. The van der Waals surface area contributed by atoms with Crippen molar-refractivity contribution in [3.8, 4) is 0 Å². The number of benzene rings is 1. The summed E-state index contributed by atoms with van der Waals surface area (Å²) in [7, 11) is -2.54. The molecule has 0 bridgehead atoms. The van der Waals surface area contributed by atoms with Crippen molar-refractivity contribution in [3.05, 3.63) is 28.2 Å². The first kappa shape index (κ1) is 15.1. The van der Waals surface area contributed by atoms with Crippen LogP contribution in [-0.4, -0.2) is 36.9 Å². The molecule has 0 aliphatic heterocycles. The Morgan fingerprint density at radius 3 is 2.44 bits per heavy atom. The number of hydrogen-bond acceptors (Lipinski definition) is 3. The molecule has 0 heterocycles. The van der Waals surface area contributed by atoms with Crippen LogP contribution in [0.25, 0.3) is 0 Å².